The summed E-state index contributed by atoms with van der Waals surface area (Å²) in [4.78, 5) is 4.54. The fourth-order valence-electron chi connectivity index (χ4n) is 2.43. The molecule has 1 aliphatic rings. The third-order valence-electron chi connectivity index (χ3n) is 3.54. The summed E-state index contributed by atoms with van der Waals surface area (Å²) in [6, 6.07) is 5.75. The van der Waals surface area contributed by atoms with Crippen LogP contribution in [0.2, 0.25) is 0 Å². The van der Waals surface area contributed by atoms with E-state index in [9.17, 15) is 0 Å². The lowest BCUT2D eigenvalue weighted by Crippen LogP contribution is -2.27. The molecular formula is C14H16BrN3O2. The fourth-order valence-corrected chi connectivity index (χ4v) is 2.77. The van der Waals surface area contributed by atoms with Crippen LogP contribution in [0.15, 0.2) is 27.2 Å². The first-order valence-corrected chi connectivity index (χ1v) is 7.45. The van der Waals surface area contributed by atoms with Crippen LogP contribution in [-0.4, -0.2) is 30.3 Å². The van der Waals surface area contributed by atoms with E-state index < -0.39 is 0 Å². The van der Waals surface area contributed by atoms with Gasteiger partial charge < -0.3 is 14.6 Å². The molecule has 3 rings (SSSR count). The van der Waals surface area contributed by atoms with Gasteiger partial charge in [0.25, 0.3) is 5.89 Å². The minimum absolute atomic E-state index is 0.384. The van der Waals surface area contributed by atoms with E-state index in [-0.39, 0.29) is 0 Å². The van der Waals surface area contributed by atoms with Crippen LogP contribution in [0.3, 0.4) is 0 Å². The fraction of sp³-hybridized carbons (Fsp3) is 0.429. The molecule has 2 heterocycles. The van der Waals surface area contributed by atoms with Gasteiger partial charge in [-0.3, -0.25) is 0 Å². The number of halogens is 1. The normalized spacial score (nSPS) is 16.3. The lowest BCUT2D eigenvalue weighted by atomic mass is 9.98. The van der Waals surface area contributed by atoms with Crippen molar-refractivity contribution in [1.82, 2.24) is 15.5 Å². The van der Waals surface area contributed by atoms with Gasteiger partial charge in [0.1, 0.15) is 5.75 Å². The lowest BCUT2D eigenvalue weighted by Gasteiger charge is -2.18. The second-order valence-electron chi connectivity index (χ2n) is 4.83. The highest BCUT2D eigenvalue weighted by Crippen LogP contribution is 2.33. The average molecular weight is 338 g/mol. The quantitative estimate of drug-likeness (QED) is 0.932. The second kappa shape index (κ2) is 5.93. The van der Waals surface area contributed by atoms with Gasteiger partial charge in [0, 0.05) is 10.4 Å². The van der Waals surface area contributed by atoms with E-state index in [0.29, 0.717) is 11.8 Å². The number of rotatable bonds is 3. The molecule has 0 saturated carbocycles. The monoisotopic (exact) mass is 337 g/mol. The zero-order valence-electron chi connectivity index (χ0n) is 11.2. The standard InChI is InChI=1S/C14H16BrN3O2/c1-19-12-8-10(15)2-3-11(12)14-17-13(18-20-14)9-4-6-16-7-5-9/h2-3,8-9,16H,4-7H2,1H3. The molecule has 5 nitrogen and oxygen atoms in total. The van der Waals surface area contributed by atoms with Crippen molar-refractivity contribution in [1.29, 1.82) is 0 Å². The van der Waals surface area contributed by atoms with Gasteiger partial charge in [-0.1, -0.05) is 21.1 Å². The number of piperidine rings is 1. The van der Waals surface area contributed by atoms with Gasteiger partial charge in [-0.05, 0) is 44.1 Å². The minimum Gasteiger partial charge on any atom is -0.496 e. The zero-order valence-corrected chi connectivity index (χ0v) is 12.8. The number of hydrogen-bond donors (Lipinski definition) is 1. The number of nitrogens with zero attached hydrogens (tertiary/aromatic N) is 2. The summed E-state index contributed by atoms with van der Waals surface area (Å²) >= 11 is 3.42. The summed E-state index contributed by atoms with van der Waals surface area (Å²) in [5, 5.41) is 7.47. The molecule has 0 radical (unpaired) electrons. The van der Waals surface area contributed by atoms with Crippen molar-refractivity contribution < 1.29 is 9.26 Å². The summed E-state index contributed by atoms with van der Waals surface area (Å²) in [7, 11) is 1.63. The first kappa shape index (κ1) is 13.6. The van der Waals surface area contributed by atoms with Gasteiger partial charge in [-0.25, -0.2) is 0 Å². The van der Waals surface area contributed by atoms with Crippen molar-refractivity contribution in [3.63, 3.8) is 0 Å². The van der Waals surface area contributed by atoms with Crippen LogP contribution in [0.1, 0.15) is 24.6 Å². The predicted molar refractivity (Wildman–Crippen MR) is 78.8 cm³/mol. The van der Waals surface area contributed by atoms with E-state index in [2.05, 4.69) is 31.4 Å². The average Bonchev–Trinajstić information content (AvgIpc) is 2.97. The number of methoxy groups -OCH3 is 1. The van der Waals surface area contributed by atoms with Crippen LogP contribution >= 0.6 is 15.9 Å². The van der Waals surface area contributed by atoms with Crippen molar-refractivity contribution in [2.45, 2.75) is 18.8 Å². The molecule has 1 aromatic heterocycles. The third-order valence-corrected chi connectivity index (χ3v) is 4.03. The first-order chi connectivity index (χ1) is 9.78. The van der Waals surface area contributed by atoms with E-state index in [4.69, 9.17) is 9.26 Å². The Morgan fingerprint density at radius 2 is 2.15 bits per heavy atom. The molecule has 1 aliphatic heterocycles. The molecule has 0 amide bonds. The van der Waals surface area contributed by atoms with E-state index >= 15 is 0 Å². The summed E-state index contributed by atoms with van der Waals surface area (Å²) < 4.78 is 11.7. The highest BCUT2D eigenvalue weighted by Gasteiger charge is 2.22. The largest absolute Gasteiger partial charge is 0.496 e. The van der Waals surface area contributed by atoms with Gasteiger partial charge in [-0.15, -0.1) is 0 Å². The SMILES string of the molecule is COc1cc(Br)ccc1-c1nc(C2CCNCC2)no1. The summed E-state index contributed by atoms with van der Waals surface area (Å²) in [5.74, 6) is 2.42. The van der Waals surface area contributed by atoms with Gasteiger partial charge in [-0.2, -0.15) is 4.98 Å². The van der Waals surface area contributed by atoms with Crippen LogP contribution in [0.4, 0.5) is 0 Å². The number of ether oxygens (including phenoxy) is 1. The van der Waals surface area contributed by atoms with Crippen LogP contribution in [0.5, 0.6) is 5.75 Å². The van der Waals surface area contributed by atoms with Crippen LogP contribution < -0.4 is 10.1 Å². The molecule has 6 heteroatoms. The van der Waals surface area contributed by atoms with Crippen molar-refractivity contribution in [3.8, 4) is 17.2 Å². The molecule has 0 bridgehead atoms. The Morgan fingerprint density at radius 3 is 2.90 bits per heavy atom. The predicted octanol–water partition coefficient (Wildman–Crippen LogP) is 2.97. The van der Waals surface area contributed by atoms with Crippen molar-refractivity contribution in [3.05, 3.63) is 28.5 Å². The molecule has 0 unspecified atom stereocenters. The number of aromatic nitrogens is 2. The summed E-state index contributed by atoms with van der Waals surface area (Å²) in [6.45, 7) is 2.02. The molecule has 20 heavy (non-hydrogen) atoms. The Labute approximate surface area is 125 Å². The Balaban J connectivity index is 1.89. The van der Waals surface area contributed by atoms with Gasteiger partial charge in [0.05, 0.1) is 12.7 Å². The number of benzene rings is 1. The molecule has 0 spiro atoms. The molecular weight excluding hydrogens is 322 g/mol. The van der Waals surface area contributed by atoms with Crippen molar-refractivity contribution in [2.75, 3.05) is 20.2 Å². The van der Waals surface area contributed by atoms with Crippen LogP contribution in [0.25, 0.3) is 11.5 Å². The Hall–Kier alpha value is -1.40. The maximum absolute atomic E-state index is 5.41. The molecule has 1 aromatic carbocycles. The lowest BCUT2D eigenvalue weighted by molar-refractivity contribution is 0.387. The van der Waals surface area contributed by atoms with Crippen LogP contribution in [0, 0.1) is 0 Å². The highest BCUT2D eigenvalue weighted by molar-refractivity contribution is 9.10. The van der Waals surface area contributed by atoms with Gasteiger partial charge in [0.15, 0.2) is 5.82 Å². The smallest absolute Gasteiger partial charge is 0.261 e. The molecule has 0 atom stereocenters. The Morgan fingerprint density at radius 1 is 1.35 bits per heavy atom. The van der Waals surface area contributed by atoms with Crippen LogP contribution in [-0.2, 0) is 0 Å². The highest BCUT2D eigenvalue weighted by atomic mass is 79.9. The maximum atomic E-state index is 5.41. The van der Waals surface area contributed by atoms with E-state index in [1.165, 1.54) is 0 Å². The summed E-state index contributed by atoms with van der Waals surface area (Å²) in [5.41, 5.74) is 0.823. The third kappa shape index (κ3) is 2.71. The summed E-state index contributed by atoms with van der Waals surface area (Å²) in [6.07, 6.45) is 2.10. The number of hydrogen-bond acceptors (Lipinski definition) is 5. The molecule has 0 aliphatic carbocycles. The molecule has 2 aromatic rings. The van der Waals surface area contributed by atoms with Crippen molar-refractivity contribution in [2.24, 2.45) is 0 Å². The minimum atomic E-state index is 0.384. The first-order valence-electron chi connectivity index (χ1n) is 6.66. The molecule has 1 fully saturated rings. The van der Waals surface area contributed by atoms with Gasteiger partial charge >= 0.3 is 0 Å². The van der Waals surface area contributed by atoms with Gasteiger partial charge in [0.2, 0.25) is 0 Å². The van der Waals surface area contributed by atoms with E-state index in [0.717, 1.165) is 47.5 Å². The second-order valence-corrected chi connectivity index (χ2v) is 5.74. The molecule has 1 N–H and O–H groups in total. The Kier molecular flexibility index (Phi) is 4.03. The topological polar surface area (TPSA) is 60.2 Å². The Bertz CT molecular complexity index is 594. The maximum Gasteiger partial charge on any atom is 0.261 e. The van der Waals surface area contributed by atoms with E-state index in [1.807, 2.05) is 18.2 Å². The molecule has 1 saturated heterocycles. The van der Waals surface area contributed by atoms with E-state index in [1.54, 1.807) is 7.11 Å². The van der Waals surface area contributed by atoms with Crippen molar-refractivity contribution >= 4 is 15.9 Å². The molecule has 106 valence electrons. The number of nitrogens with one attached hydrogen (secondary N) is 1. The zero-order chi connectivity index (χ0) is 13.9.